The van der Waals surface area contributed by atoms with Crippen LogP contribution in [-0.4, -0.2) is 0 Å². The standard InChI is InChI=1S/C17H21FN2/c1-12(2)17(13-7-9-15(18)10-8-13)20-11-14-5-3-4-6-16(14)19/h3-10,12,17,20H,11,19H2,1-2H3. The SMILES string of the molecule is CC(C)C(NCc1ccccc1N)c1ccc(F)cc1. The van der Waals surface area contributed by atoms with E-state index >= 15 is 0 Å². The molecule has 0 fully saturated rings. The molecule has 3 heteroatoms. The van der Waals surface area contributed by atoms with Gasteiger partial charge in [-0.2, -0.15) is 0 Å². The minimum absolute atomic E-state index is 0.176. The molecular weight excluding hydrogens is 251 g/mol. The Bertz CT molecular complexity index is 549. The summed E-state index contributed by atoms with van der Waals surface area (Å²) in [5, 5.41) is 3.51. The van der Waals surface area contributed by atoms with Crippen molar-refractivity contribution in [2.45, 2.75) is 26.4 Å². The molecule has 0 saturated carbocycles. The molecule has 2 nitrogen and oxygen atoms in total. The van der Waals surface area contributed by atoms with E-state index in [-0.39, 0.29) is 11.9 Å². The number of halogens is 1. The highest BCUT2D eigenvalue weighted by Gasteiger charge is 2.15. The molecule has 20 heavy (non-hydrogen) atoms. The van der Waals surface area contributed by atoms with Crippen LogP contribution in [0, 0.1) is 11.7 Å². The molecule has 0 bridgehead atoms. The quantitative estimate of drug-likeness (QED) is 0.810. The summed E-state index contributed by atoms with van der Waals surface area (Å²) in [6.07, 6.45) is 0. The molecule has 0 radical (unpaired) electrons. The fraction of sp³-hybridized carbons (Fsp3) is 0.294. The second kappa shape index (κ2) is 6.53. The highest BCUT2D eigenvalue weighted by molar-refractivity contribution is 5.46. The number of hydrogen-bond donors (Lipinski definition) is 2. The molecule has 2 rings (SSSR count). The first-order chi connectivity index (χ1) is 9.58. The monoisotopic (exact) mass is 272 g/mol. The van der Waals surface area contributed by atoms with Crippen LogP contribution < -0.4 is 11.1 Å². The topological polar surface area (TPSA) is 38.0 Å². The van der Waals surface area contributed by atoms with E-state index in [9.17, 15) is 4.39 Å². The number of hydrogen-bond acceptors (Lipinski definition) is 2. The highest BCUT2D eigenvalue weighted by atomic mass is 19.1. The zero-order chi connectivity index (χ0) is 14.5. The Hall–Kier alpha value is -1.87. The third-order valence-electron chi connectivity index (χ3n) is 3.46. The van der Waals surface area contributed by atoms with Gasteiger partial charge >= 0.3 is 0 Å². The minimum atomic E-state index is -0.205. The summed E-state index contributed by atoms with van der Waals surface area (Å²) >= 11 is 0. The van der Waals surface area contributed by atoms with Gasteiger partial charge in [0.2, 0.25) is 0 Å². The minimum Gasteiger partial charge on any atom is -0.398 e. The van der Waals surface area contributed by atoms with E-state index < -0.39 is 0 Å². The van der Waals surface area contributed by atoms with Crippen LogP contribution in [0.5, 0.6) is 0 Å². The van der Waals surface area contributed by atoms with E-state index in [1.54, 1.807) is 0 Å². The predicted molar refractivity (Wildman–Crippen MR) is 81.7 cm³/mol. The molecule has 0 aromatic heterocycles. The summed E-state index contributed by atoms with van der Waals surface area (Å²) in [6, 6.07) is 14.7. The van der Waals surface area contributed by atoms with Crippen LogP contribution >= 0.6 is 0 Å². The fourth-order valence-electron chi connectivity index (χ4n) is 2.32. The maximum Gasteiger partial charge on any atom is 0.123 e. The van der Waals surface area contributed by atoms with Crippen LogP contribution in [0.3, 0.4) is 0 Å². The van der Waals surface area contributed by atoms with Crippen molar-refractivity contribution in [3.05, 3.63) is 65.5 Å². The van der Waals surface area contributed by atoms with E-state index in [1.165, 1.54) is 12.1 Å². The van der Waals surface area contributed by atoms with Gasteiger partial charge in [0, 0.05) is 18.3 Å². The summed E-state index contributed by atoms with van der Waals surface area (Å²) in [6.45, 7) is 5.00. The maximum absolute atomic E-state index is 13.0. The van der Waals surface area contributed by atoms with Crippen molar-refractivity contribution < 1.29 is 4.39 Å². The fourth-order valence-corrected chi connectivity index (χ4v) is 2.32. The maximum atomic E-state index is 13.0. The third kappa shape index (κ3) is 3.58. The van der Waals surface area contributed by atoms with Crippen LogP contribution in [0.25, 0.3) is 0 Å². The molecule has 0 saturated heterocycles. The second-order valence-electron chi connectivity index (χ2n) is 5.35. The van der Waals surface area contributed by atoms with Crippen molar-refractivity contribution in [3.63, 3.8) is 0 Å². The second-order valence-corrected chi connectivity index (χ2v) is 5.35. The molecule has 1 unspecified atom stereocenters. The molecular formula is C17H21FN2. The molecule has 0 aliphatic heterocycles. The normalized spacial score (nSPS) is 12.6. The van der Waals surface area contributed by atoms with Crippen LogP contribution in [0.15, 0.2) is 48.5 Å². The predicted octanol–water partition coefficient (Wildman–Crippen LogP) is 3.89. The lowest BCUT2D eigenvalue weighted by Crippen LogP contribution is -2.25. The zero-order valence-corrected chi connectivity index (χ0v) is 11.9. The first-order valence-electron chi connectivity index (χ1n) is 6.90. The lowest BCUT2D eigenvalue weighted by atomic mass is 9.95. The Morgan fingerprint density at radius 3 is 2.30 bits per heavy atom. The summed E-state index contributed by atoms with van der Waals surface area (Å²) in [7, 11) is 0. The van der Waals surface area contributed by atoms with E-state index in [1.807, 2.05) is 36.4 Å². The molecule has 0 heterocycles. The summed E-state index contributed by atoms with van der Waals surface area (Å²) in [4.78, 5) is 0. The van der Waals surface area contributed by atoms with Gasteiger partial charge in [-0.15, -0.1) is 0 Å². The first-order valence-corrected chi connectivity index (χ1v) is 6.90. The number of nitrogens with one attached hydrogen (secondary N) is 1. The van der Waals surface area contributed by atoms with Gasteiger partial charge in [0.05, 0.1) is 0 Å². The lowest BCUT2D eigenvalue weighted by Gasteiger charge is -2.23. The number of nitrogen functional groups attached to an aromatic ring is 1. The van der Waals surface area contributed by atoms with Crippen LogP contribution in [0.4, 0.5) is 10.1 Å². The molecule has 0 aliphatic carbocycles. The van der Waals surface area contributed by atoms with Crippen molar-refractivity contribution in [1.82, 2.24) is 5.32 Å². The van der Waals surface area contributed by atoms with E-state index in [0.29, 0.717) is 12.5 Å². The summed E-state index contributed by atoms with van der Waals surface area (Å²) in [5.41, 5.74) is 8.92. The number of benzene rings is 2. The molecule has 0 spiro atoms. The smallest absolute Gasteiger partial charge is 0.123 e. The Morgan fingerprint density at radius 2 is 1.70 bits per heavy atom. The van der Waals surface area contributed by atoms with Gasteiger partial charge in [0.1, 0.15) is 5.82 Å². The van der Waals surface area contributed by atoms with Crippen molar-refractivity contribution in [1.29, 1.82) is 0 Å². The number of nitrogens with two attached hydrogens (primary N) is 1. The van der Waals surface area contributed by atoms with Gasteiger partial charge in [-0.25, -0.2) is 4.39 Å². The largest absolute Gasteiger partial charge is 0.398 e. The Balaban J connectivity index is 2.11. The summed E-state index contributed by atoms with van der Waals surface area (Å²) in [5.74, 6) is 0.203. The lowest BCUT2D eigenvalue weighted by molar-refractivity contribution is 0.410. The van der Waals surface area contributed by atoms with Crippen molar-refractivity contribution >= 4 is 5.69 Å². The van der Waals surface area contributed by atoms with Crippen LogP contribution in [0.2, 0.25) is 0 Å². The number of para-hydroxylation sites is 1. The van der Waals surface area contributed by atoms with Crippen LogP contribution in [0.1, 0.15) is 31.0 Å². The van der Waals surface area contributed by atoms with Crippen LogP contribution in [-0.2, 0) is 6.54 Å². The van der Waals surface area contributed by atoms with Gasteiger partial charge < -0.3 is 11.1 Å². The Morgan fingerprint density at radius 1 is 1.05 bits per heavy atom. The highest BCUT2D eigenvalue weighted by Crippen LogP contribution is 2.23. The van der Waals surface area contributed by atoms with Crippen molar-refractivity contribution in [2.75, 3.05) is 5.73 Å². The molecule has 0 amide bonds. The molecule has 106 valence electrons. The van der Waals surface area contributed by atoms with Gasteiger partial charge in [-0.1, -0.05) is 44.2 Å². The number of rotatable bonds is 5. The Labute approximate surface area is 119 Å². The third-order valence-corrected chi connectivity index (χ3v) is 3.46. The van der Waals surface area contributed by atoms with E-state index in [0.717, 1.165) is 16.8 Å². The van der Waals surface area contributed by atoms with E-state index in [2.05, 4.69) is 19.2 Å². The molecule has 0 aliphatic rings. The molecule has 1 atom stereocenters. The zero-order valence-electron chi connectivity index (χ0n) is 11.9. The van der Waals surface area contributed by atoms with E-state index in [4.69, 9.17) is 5.73 Å². The van der Waals surface area contributed by atoms with Crippen molar-refractivity contribution in [2.24, 2.45) is 5.92 Å². The van der Waals surface area contributed by atoms with Gasteiger partial charge in [0.15, 0.2) is 0 Å². The van der Waals surface area contributed by atoms with Gasteiger partial charge in [0.25, 0.3) is 0 Å². The molecule has 3 N–H and O–H groups in total. The molecule has 2 aromatic rings. The average Bonchev–Trinajstić information content (AvgIpc) is 2.42. The molecule has 2 aromatic carbocycles. The first kappa shape index (κ1) is 14.5. The average molecular weight is 272 g/mol. The number of anilines is 1. The van der Waals surface area contributed by atoms with Crippen molar-refractivity contribution in [3.8, 4) is 0 Å². The van der Waals surface area contributed by atoms with Gasteiger partial charge in [-0.05, 0) is 35.2 Å². The Kier molecular flexibility index (Phi) is 4.74. The summed E-state index contributed by atoms with van der Waals surface area (Å²) < 4.78 is 13.0. The van der Waals surface area contributed by atoms with Gasteiger partial charge in [-0.3, -0.25) is 0 Å².